The smallest absolute Gasteiger partial charge is 0.251 e. The van der Waals surface area contributed by atoms with Crippen LogP contribution in [0.25, 0.3) is 11.2 Å². The molecular weight excluding hydrogens is 494 g/mol. The Kier molecular flexibility index (Phi) is 7.65. The quantitative estimate of drug-likeness (QED) is 0.313. The van der Waals surface area contributed by atoms with E-state index in [2.05, 4.69) is 56.7 Å². The fourth-order valence-corrected chi connectivity index (χ4v) is 7.03. The predicted octanol–water partition coefficient (Wildman–Crippen LogP) is 3.44. The molecule has 0 spiro atoms. The van der Waals surface area contributed by atoms with Crippen LogP contribution in [-0.2, 0) is 11.3 Å². The van der Waals surface area contributed by atoms with E-state index >= 15 is 0 Å². The third-order valence-corrected chi connectivity index (χ3v) is 9.97. The molecular formula is C30H46N5O4+. The van der Waals surface area contributed by atoms with E-state index in [4.69, 9.17) is 10.5 Å². The molecule has 5 rings (SSSR count). The average molecular weight is 541 g/mol. The topological polar surface area (TPSA) is 131 Å². The van der Waals surface area contributed by atoms with Gasteiger partial charge in [0.25, 0.3) is 5.82 Å². The third kappa shape index (κ3) is 5.14. The van der Waals surface area contributed by atoms with Crippen molar-refractivity contribution in [1.29, 1.82) is 0 Å². The van der Waals surface area contributed by atoms with Crippen LogP contribution >= 0.6 is 0 Å². The van der Waals surface area contributed by atoms with Crippen molar-refractivity contribution in [1.82, 2.24) is 14.5 Å². The lowest BCUT2D eigenvalue weighted by molar-refractivity contribution is -0.674. The second-order valence-electron chi connectivity index (χ2n) is 13.1. The van der Waals surface area contributed by atoms with E-state index < -0.39 is 31.1 Å². The van der Waals surface area contributed by atoms with Gasteiger partial charge in [0.2, 0.25) is 12.0 Å². The molecule has 3 heterocycles. The molecule has 2 aromatic heterocycles. The molecule has 0 unspecified atom stereocenters. The van der Waals surface area contributed by atoms with Crippen LogP contribution in [0.15, 0.2) is 36.0 Å². The van der Waals surface area contributed by atoms with Crippen molar-refractivity contribution < 1.29 is 24.6 Å². The van der Waals surface area contributed by atoms with Crippen LogP contribution in [0.3, 0.4) is 0 Å². The van der Waals surface area contributed by atoms with Crippen LogP contribution in [-0.4, -0.2) is 54.8 Å². The number of hydrogen-bond acceptors (Lipinski definition) is 7. The van der Waals surface area contributed by atoms with Crippen LogP contribution < -0.4 is 10.3 Å². The van der Waals surface area contributed by atoms with Gasteiger partial charge in [-0.2, -0.15) is 0 Å². The van der Waals surface area contributed by atoms with E-state index in [1.807, 2.05) is 4.57 Å². The van der Waals surface area contributed by atoms with E-state index in [0.717, 1.165) is 12.3 Å². The average Bonchev–Trinajstić information content (AvgIpc) is 3.44. The lowest BCUT2D eigenvalue weighted by Gasteiger charge is -2.49. The summed E-state index contributed by atoms with van der Waals surface area (Å²) in [6.07, 6.45) is 11.3. The Hall–Kier alpha value is -2.33. The van der Waals surface area contributed by atoms with Gasteiger partial charge in [-0.1, -0.05) is 62.4 Å². The largest absolute Gasteiger partial charge is 0.394 e. The van der Waals surface area contributed by atoms with Crippen LogP contribution in [0.4, 0.5) is 5.82 Å². The Balaban J connectivity index is 1.25. The first-order valence-corrected chi connectivity index (χ1v) is 14.5. The van der Waals surface area contributed by atoms with Gasteiger partial charge in [0.1, 0.15) is 24.6 Å². The van der Waals surface area contributed by atoms with Crippen LogP contribution in [0.1, 0.15) is 79.4 Å². The Morgan fingerprint density at radius 2 is 2.03 bits per heavy atom. The van der Waals surface area contributed by atoms with Crippen molar-refractivity contribution in [2.75, 3.05) is 12.3 Å². The number of aromatic nitrogens is 4. The number of aliphatic hydroxyl groups is 3. The molecule has 1 aliphatic heterocycles. The van der Waals surface area contributed by atoms with Crippen molar-refractivity contribution in [3.8, 4) is 0 Å². The van der Waals surface area contributed by atoms with Crippen molar-refractivity contribution in [3.63, 3.8) is 0 Å². The molecule has 214 valence electrons. The Morgan fingerprint density at radius 3 is 2.74 bits per heavy atom. The highest BCUT2D eigenvalue weighted by molar-refractivity contribution is 5.79. The summed E-state index contributed by atoms with van der Waals surface area (Å²) in [5.41, 5.74) is 11.1. The number of anilines is 1. The normalized spacial score (nSPS) is 34.8. The molecule has 1 saturated carbocycles. The molecule has 2 fully saturated rings. The summed E-state index contributed by atoms with van der Waals surface area (Å²) in [7, 11) is 0. The molecule has 0 amide bonds. The zero-order chi connectivity index (χ0) is 28.1. The summed E-state index contributed by atoms with van der Waals surface area (Å²) >= 11 is 0. The van der Waals surface area contributed by atoms with Crippen molar-refractivity contribution in [3.05, 3.63) is 36.0 Å². The summed E-state index contributed by atoms with van der Waals surface area (Å²) in [4.78, 5) is 8.95. The minimum absolute atomic E-state index is 0.311. The lowest BCUT2D eigenvalue weighted by Crippen LogP contribution is -2.38. The van der Waals surface area contributed by atoms with Crippen LogP contribution in [0.5, 0.6) is 0 Å². The maximum atomic E-state index is 10.4. The number of nitrogens with two attached hydrogens (primary N) is 1. The van der Waals surface area contributed by atoms with Gasteiger partial charge in [0, 0.05) is 0 Å². The van der Waals surface area contributed by atoms with Crippen molar-refractivity contribution in [2.24, 2.45) is 22.7 Å². The zero-order valence-corrected chi connectivity index (χ0v) is 24.0. The number of rotatable bonds is 7. The molecule has 1 saturated heterocycles. The highest BCUT2D eigenvalue weighted by atomic mass is 16.6. The first-order valence-electron chi connectivity index (χ1n) is 14.5. The third-order valence-electron chi connectivity index (χ3n) is 9.97. The van der Waals surface area contributed by atoms with E-state index in [0.29, 0.717) is 40.3 Å². The zero-order valence-electron chi connectivity index (χ0n) is 24.0. The van der Waals surface area contributed by atoms with Gasteiger partial charge in [-0.3, -0.25) is 4.57 Å². The second kappa shape index (κ2) is 10.6. The van der Waals surface area contributed by atoms with Gasteiger partial charge in [-0.25, -0.2) is 9.55 Å². The first kappa shape index (κ1) is 28.2. The number of ether oxygens (including phenoxy) is 1. The van der Waals surface area contributed by atoms with E-state index in [1.54, 1.807) is 16.5 Å². The minimum atomic E-state index is -1.21. The fraction of sp³-hybridized carbons (Fsp3) is 0.700. The summed E-state index contributed by atoms with van der Waals surface area (Å²) in [5.74, 6) is 1.79. The van der Waals surface area contributed by atoms with E-state index in [1.165, 1.54) is 44.0 Å². The van der Waals surface area contributed by atoms with E-state index in [-0.39, 0.29) is 0 Å². The van der Waals surface area contributed by atoms with Crippen molar-refractivity contribution >= 4 is 17.0 Å². The maximum absolute atomic E-state index is 10.4. The van der Waals surface area contributed by atoms with Gasteiger partial charge in [0.05, 0.1) is 13.2 Å². The molecule has 9 nitrogen and oxygen atoms in total. The molecule has 0 radical (unpaired) electrons. The summed E-state index contributed by atoms with van der Waals surface area (Å²) in [5, 5.41) is 29.9. The van der Waals surface area contributed by atoms with Gasteiger partial charge < -0.3 is 25.8 Å². The molecule has 7 atom stereocenters. The molecule has 0 aromatic carbocycles. The molecule has 2 aliphatic carbocycles. The molecule has 0 bridgehead atoms. The number of hydrogen-bond donors (Lipinski definition) is 4. The number of fused-ring (bicyclic) bond motifs is 2. The molecule has 5 N–H and O–H groups in total. The number of aliphatic hydroxyl groups excluding tert-OH is 3. The molecule has 9 heteroatoms. The second-order valence-corrected chi connectivity index (χ2v) is 13.1. The van der Waals surface area contributed by atoms with Crippen molar-refractivity contribution in [2.45, 2.75) is 104 Å². The molecule has 39 heavy (non-hydrogen) atoms. The van der Waals surface area contributed by atoms with E-state index in [9.17, 15) is 15.3 Å². The summed E-state index contributed by atoms with van der Waals surface area (Å²) in [6, 6.07) is 0. The summed E-state index contributed by atoms with van der Waals surface area (Å²) < 4.78 is 9.06. The maximum Gasteiger partial charge on any atom is 0.251 e. The number of imidazole rings is 1. The predicted molar refractivity (Wildman–Crippen MR) is 149 cm³/mol. The SMILES string of the molecule is C/C(=C\C[n+]1cnc2c(ncn2[C@@H]2O[C@H](CO)[C@@H](O)[C@H]2O)c1N)CC[C@@]1(C)C[C@@H]2CCCC(C)(C)C2=C[C@@H]1C. The Labute approximate surface area is 231 Å². The summed E-state index contributed by atoms with van der Waals surface area (Å²) in [6.45, 7) is 12.1. The Bertz CT molecular complexity index is 1270. The fourth-order valence-electron chi connectivity index (χ4n) is 7.03. The van der Waals surface area contributed by atoms with Crippen LogP contribution in [0.2, 0.25) is 0 Å². The highest BCUT2D eigenvalue weighted by Crippen LogP contribution is 2.55. The Morgan fingerprint density at radius 1 is 1.26 bits per heavy atom. The number of nitrogens with zero attached hydrogens (tertiary/aromatic N) is 4. The lowest BCUT2D eigenvalue weighted by atomic mass is 9.56. The monoisotopic (exact) mass is 540 g/mol. The first-order chi connectivity index (χ1) is 18.4. The number of allylic oxidation sites excluding steroid dienone is 4. The standard InChI is InChI=1S/C30H45N5O4/c1-18(8-11-30(5)14-20-7-6-10-29(3,4)21(20)13-19(30)2)9-12-34-16-33-27-23(26(34)31)32-17-35(27)28-25(38)24(37)22(15-36)39-28/h9,13,16-17,19-20,22,24-25,28,31,36-38H,6-8,10-12,14-15H2,1-5H3/p+1/b18-9+/t19-,20-,22+,24+,25+,28+,30-/m0/s1. The molecule has 3 aliphatic rings. The number of nitrogen functional groups attached to an aromatic ring is 1. The van der Waals surface area contributed by atoms with Crippen LogP contribution in [0, 0.1) is 22.7 Å². The van der Waals surface area contributed by atoms with Gasteiger partial charge in [0.15, 0.2) is 11.7 Å². The molecule has 2 aromatic rings. The van der Waals surface area contributed by atoms with Gasteiger partial charge >= 0.3 is 0 Å². The highest BCUT2D eigenvalue weighted by Gasteiger charge is 2.45. The van der Waals surface area contributed by atoms with Gasteiger partial charge in [-0.05, 0) is 61.7 Å². The minimum Gasteiger partial charge on any atom is -0.394 e. The van der Waals surface area contributed by atoms with Gasteiger partial charge in [-0.15, -0.1) is 0 Å².